The largest absolute Gasteiger partial charge is 0.477 e. The number of hydrogen-bond donors (Lipinski definition) is 2. The maximum absolute atomic E-state index is 12.1. The van der Waals surface area contributed by atoms with Gasteiger partial charge in [0, 0.05) is 6.04 Å². The summed E-state index contributed by atoms with van der Waals surface area (Å²) in [6.45, 7) is 2.02. The molecule has 0 aromatic carbocycles. The van der Waals surface area contributed by atoms with Crippen LogP contribution in [0.15, 0.2) is 14.7 Å². The van der Waals surface area contributed by atoms with E-state index in [9.17, 15) is 13.2 Å². The summed E-state index contributed by atoms with van der Waals surface area (Å²) < 4.78 is 27.1. The second-order valence-corrected chi connectivity index (χ2v) is 8.24. The highest BCUT2D eigenvalue weighted by Gasteiger charge is 2.39. The first kappa shape index (κ1) is 14.0. The quantitative estimate of drug-likeness (QED) is 0.850. The normalized spacial score (nSPS) is 23.0. The zero-order valence-electron chi connectivity index (χ0n) is 9.51. The Morgan fingerprint density at radius 1 is 1.67 bits per heavy atom. The lowest BCUT2D eigenvalue weighted by Gasteiger charge is -2.04. The minimum absolute atomic E-state index is 0.00471. The second kappa shape index (κ2) is 4.92. The van der Waals surface area contributed by atoms with Crippen molar-refractivity contribution in [1.82, 2.24) is 4.72 Å². The Kier molecular flexibility index (Phi) is 3.82. The Morgan fingerprint density at radius 2 is 2.33 bits per heavy atom. The standard InChI is InChI=1S/C10H12BrNO4S2/c1-2-5-3-6(5)12-18(15,16)8-4-7(10(13)14)17-9(8)11/h4-6,12H,2-3H2,1H3,(H,13,14). The van der Waals surface area contributed by atoms with Gasteiger partial charge in [0.15, 0.2) is 0 Å². The van der Waals surface area contributed by atoms with Crippen LogP contribution in [0, 0.1) is 5.92 Å². The molecule has 0 amide bonds. The molecule has 100 valence electrons. The number of carboxylic acid groups (broad SMARTS) is 1. The smallest absolute Gasteiger partial charge is 0.345 e. The van der Waals surface area contributed by atoms with Gasteiger partial charge in [-0.25, -0.2) is 17.9 Å². The lowest BCUT2D eigenvalue weighted by atomic mass is 10.3. The van der Waals surface area contributed by atoms with Crippen molar-refractivity contribution in [3.05, 3.63) is 14.7 Å². The fourth-order valence-electron chi connectivity index (χ4n) is 1.75. The predicted molar refractivity (Wildman–Crippen MR) is 71.5 cm³/mol. The average molecular weight is 354 g/mol. The molecule has 0 radical (unpaired) electrons. The lowest BCUT2D eigenvalue weighted by molar-refractivity contribution is 0.0702. The van der Waals surface area contributed by atoms with Gasteiger partial charge in [0.2, 0.25) is 10.0 Å². The van der Waals surface area contributed by atoms with Crippen molar-refractivity contribution in [3.63, 3.8) is 0 Å². The Balaban J connectivity index is 2.22. The van der Waals surface area contributed by atoms with Crippen LogP contribution in [-0.2, 0) is 10.0 Å². The third-order valence-corrected chi connectivity index (χ3v) is 6.64. The van der Waals surface area contributed by atoms with Gasteiger partial charge in [0.1, 0.15) is 9.77 Å². The van der Waals surface area contributed by atoms with Crippen LogP contribution in [0.25, 0.3) is 0 Å². The molecule has 2 rings (SSSR count). The third-order valence-electron chi connectivity index (χ3n) is 2.91. The van der Waals surface area contributed by atoms with Gasteiger partial charge in [-0.15, -0.1) is 11.3 Å². The number of nitrogens with one attached hydrogen (secondary N) is 1. The van der Waals surface area contributed by atoms with E-state index >= 15 is 0 Å². The summed E-state index contributed by atoms with van der Waals surface area (Å²) in [5, 5.41) is 8.84. The minimum atomic E-state index is -3.63. The molecule has 18 heavy (non-hydrogen) atoms. The van der Waals surface area contributed by atoms with E-state index in [0.29, 0.717) is 9.70 Å². The van der Waals surface area contributed by atoms with E-state index in [0.717, 1.165) is 24.2 Å². The molecule has 2 N–H and O–H groups in total. The first-order valence-electron chi connectivity index (χ1n) is 5.40. The number of carboxylic acids is 1. The van der Waals surface area contributed by atoms with Gasteiger partial charge < -0.3 is 5.11 Å². The zero-order valence-corrected chi connectivity index (χ0v) is 12.7. The van der Waals surface area contributed by atoms with E-state index in [2.05, 4.69) is 20.7 Å². The van der Waals surface area contributed by atoms with E-state index in [1.165, 1.54) is 6.07 Å². The maximum Gasteiger partial charge on any atom is 0.345 e. The highest BCUT2D eigenvalue weighted by atomic mass is 79.9. The number of thiophene rings is 1. The monoisotopic (exact) mass is 353 g/mol. The third kappa shape index (κ3) is 2.76. The first-order chi connectivity index (χ1) is 8.35. The second-order valence-electron chi connectivity index (χ2n) is 4.19. The minimum Gasteiger partial charge on any atom is -0.477 e. The van der Waals surface area contributed by atoms with E-state index in [1.54, 1.807) is 0 Å². The van der Waals surface area contributed by atoms with Crippen molar-refractivity contribution < 1.29 is 18.3 Å². The highest BCUT2D eigenvalue weighted by Crippen LogP contribution is 2.37. The molecule has 0 saturated heterocycles. The molecular weight excluding hydrogens is 342 g/mol. The average Bonchev–Trinajstić information content (AvgIpc) is 2.87. The molecule has 2 atom stereocenters. The molecule has 8 heteroatoms. The number of halogens is 1. The Bertz CT molecular complexity index is 581. The molecule has 1 aromatic rings. The van der Waals surface area contributed by atoms with Crippen LogP contribution in [-0.4, -0.2) is 25.5 Å². The van der Waals surface area contributed by atoms with E-state index < -0.39 is 16.0 Å². The summed E-state index contributed by atoms with van der Waals surface area (Å²) >= 11 is 4.00. The summed E-state index contributed by atoms with van der Waals surface area (Å²) in [5.41, 5.74) is 0. The van der Waals surface area contributed by atoms with Gasteiger partial charge in [-0.2, -0.15) is 0 Å². The van der Waals surface area contributed by atoms with Crippen LogP contribution in [0.3, 0.4) is 0 Å². The SMILES string of the molecule is CCC1CC1NS(=O)(=O)c1cc(C(=O)O)sc1Br. The van der Waals surface area contributed by atoms with Crippen molar-refractivity contribution in [1.29, 1.82) is 0 Å². The number of hydrogen-bond acceptors (Lipinski definition) is 4. The van der Waals surface area contributed by atoms with Gasteiger partial charge in [-0.1, -0.05) is 13.3 Å². The van der Waals surface area contributed by atoms with E-state index in [1.807, 2.05) is 6.92 Å². The predicted octanol–water partition coefficient (Wildman–Crippen LogP) is 2.29. The van der Waals surface area contributed by atoms with Crippen molar-refractivity contribution in [2.24, 2.45) is 5.92 Å². The van der Waals surface area contributed by atoms with Crippen LogP contribution in [0.1, 0.15) is 29.4 Å². The van der Waals surface area contributed by atoms with Gasteiger partial charge in [0.05, 0.1) is 3.79 Å². The highest BCUT2D eigenvalue weighted by molar-refractivity contribution is 9.11. The summed E-state index contributed by atoms with van der Waals surface area (Å²) in [6.07, 6.45) is 1.79. The number of aromatic carboxylic acids is 1. The molecule has 0 bridgehead atoms. The van der Waals surface area contributed by atoms with Crippen molar-refractivity contribution in [2.45, 2.75) is 30.7 Å². The number of rotatable bonds is 5. The van der Waals surface area contributed by atoms with Crippen molar-refractivity contribution >= 4 is 43.3 Å². The fourth-order valence-corrected chi connectivity index (χ4v) is 5.47. The van der Waals surface area contributed by atoms with E-state index in [4.69, 9.17) is 5.11 Å². The molecule has 1 aliphatic carbocycles. The van der Waals surface area contributed by atoms with Crippen LogP contribution in [0.5, 0.6) is 0 Å². The summed E-state index contributed by atoms with van der Waals surface area (Å²) in [5.74, 6) is -0.726. The molecule has 5 nitrogen and oxygen atoms in total. The van der Waals surface area contributed by atoms with E-state index in [-0.39, 0.29) is 15.8 Å². The Labute approximate surface area is 117 Å². The molecule has 1 aliphatic rings. The summed E-state index contributed by atoms with van der Waals surface area (Å²) in [4.78, 5) is 10.8. The molecular formula is C10H12BrNO4S2. The van der Waals surface area contributed by atoms with Crippen LogP contribution in [0.4, 0.5) is 0 Å². The number of carbonyl (C=O) groups is 1. The molecule has 1 aromatic heterocycles. The summed E-state index contributed by atoms with van der Waals surface area (Å²) in [6, 6.07) is 1.17. The van der Waals surface area contributed by atoms with Crippen LogP contribution < -0.4 is 4.72 Å². The van der Waals surface area contributed by atoms with Gasteiger partial charge in [-0.05, 0) is 34.3 Å². The molecule has 0 spiro atoms. The Morgan fingerprint density at radius 3 is 2.78 bits per heavy atom. The molecule has 2 unspecified atom stereocenters. The topological polar surface area (TPSA) is 83.5 Å². The molecule has 1 heterocycles. The maximum atomic E-state index is 12.1. The number of sulfonamides is 1. The first-order valence-corrected chi connectivity index (χ1v) is 8.49. The van der Waals surface area contributed by atoms with Gasteiger partial charge >= 0.3 is 5.97 Å². The fraction of sp³-hybridized carbons (Fsp3) is 0.500. The van der Waals surface area contributed by atoms with Crippen molar-refractivity contribution in [2.75, 3.05) is 0 Å². The molecule has 1 fully saturated rings. The zero-order chi connectivity index (χ0) is 13.5. The van der Waals surface area contributed by atoms with Gasteiger partial charge in [0.25, 0.3) is 0 Å². The van der Waals surface area contributed by atoms with Crippen LogP contribution >= 0.6 is 27.3 Å². The summed E-state index contributed by atoms with van der Waals surface area (Å²) in [7, 11) is -3.63. The lowest BCUT2D eigenvalue weighted by Crippen LogP contribution is -2.27. The molecule has 0 aliphatic heterocycles. The van der Waals surface area contributed by atoms with Gasteiger partial charge in [-0.3, -0.25) is 0 Å². The van der Waals surface area contributed by atoms with Crippen LogP contribution in [0.2, 0.25) is 0 Å². The molecule has 1 saturated carbocycles. The van der Waals surface area contributed by atoms with Crippen molar-refractivity contribution in [3.8, 4) is 0 Å². The Hall–Kier alpha value is -0.440.